The van der Waals surface area contributed by atoms with Gasteiger partial charge in [0.15, 0.2) is 0 Å². The summed E-state index contributed by atoms with van der Waals surface area (Å²) in [4.78, 5) is 25.7. The minimum absolute atomic E-state index is 0.255. The van der Waals surface area contributed by atoms with Gasteiger partial charge in [-0.1, -0.05) is 6.08 Å². The van der Waals surface area contributed by atoms with Crippen molar-refractivity contribution in [3.63, 3.8) is 0 Å². The Morgan fingerprint density at radius 1 is 1.29 bits per heavy atom. The third-order valence-electron chi connectivity index (χ3n) is 5.33. The van der Waals surface area contributed by atoms with E-state index in [0.717, 1.165) is 43.9 Å². The molecule has 5 nitrogen and oxygen atoms in total. The van der Waals surface area contributed by atoms with E-state index in [1.807, 2.05) is 17.9 Å². The van der Waals surface area contributed by atoms with Crippen LogP contribution < -0.4 is 0 Å². The number of aromatic nitrogens is 2. The summed E-state index contributed by atoms with van der Waals surface area (Å²) < 4.78 is 0. The average molecular weight is 328 g/mol. The van der Waals surface area contributed by atoms with Crippen molar-refractivity contribution in [1.29, 1.82) is 0 Å². The zero-order valence-electron chi connectivity index (χ0n) is 14.7. The summed E-state index contributed by atoms with van der Waals surface area (Å²) in [5.41, 5.74) is 2.04. The summed E-state index contributed by atoms with van der Waals surface area (Å²) in [5.74, 6) is 0.256. The topological polar surface area (TPSA) is 49.3 Å². The van der Waals surface area contributed by atoms with E-state index in [1.165, 1.54) is 19.4 Å². The minimum Gasteiger partial charge on any atom is -0.336 e. The molecule has 0 aliphatic carbocycles. The number of piperidine rings is 2. The van der Waals surface area contributed by atoms with E-state index >= 15 is 0 Å². The summed E-state index contributed by atoms with van der Waals surface area (Å²) in [6.45, 7) is 10.6. The van der Waals surface area contributed by atoms with Crippen LogP contribution in [0.2, 0.25) is 0 Å². The van der Waals surface area contributed by atoms with Crippen molar-refractivity contribution < 1.29 is 4.79 Å². The largest absolute Gasteiger partial charge is 0.336 e. The van der Waals surface area contributed by atoms with Gasteiger partial charge in [0.25, 0.3) is 0 Å². The molecule has 0 aromatic carbocycles. The number of nitrogens with zero attached hydrogens (tertiary/aromatic N) is 4. The highest BCUT2D eigenvalue weighted by Crippen LogP contribution is 2.39. The SMILES string of the molecule is C=CCCN1CCC[C@@]2(CCC(=O)N(Cc3cnc(C)cn3)C2)C1. The third-order valence-corrected chi connectivity index (χ3v) is 5.33. The molecule has 2 fully saturated rings. The predicted octanol–water partition coefficient (Wildman–Crippen LogP) is 2.57. The van der Waals surface area contributed by atoms with Crippen molar-refractivity contribution in [2.24, 2.45) is 5.41 Å². The first-order valence-electron chi connectivity index (χ1n) is 8.99. The summed E-state index contributed by atoms with van der Waals surface area (Å²) in [7, 11) is 0. The standard InChI is InChI=1S/C19H28N4O/c1-3-4-9-22-10-5-7-19(14-22)8-6-18(24)23(15-19)13-17-12-20-16(2)11-21-17/h3,11-12H,1,4-10,13-15H2,2H3/t19-/m1/s1. The van der Waals surface area contributed by atoms with E-state index in [-0.39, 0.29) is 11.3 Å². The Morgan fingerprint density at radius 3 is 2.92 bits per heavy atom. The van der Waals surface area contributed by atoms with Crippen LogP contribution in [0.5, 0.6) is 0 Å². The van der Waals surface area contributed by atoms with Crippen LogP contribution in [0, 0.1) is 12.3 Å². The molecule has 2 aliphatic heterocycles. The summed E-state index contributed by atoms with van der Waals surface area (Å²) in [6, 6.07) is 0. The molecule has 3 rings (SSSR count). The van der Waals surface area contributed by atoms with Crippen LogP contribution in [0.3, 0.4) is 0 Å². The molecule has 1 amide bonds. The Balaban J connectivity index is 1.66. The fourth-order valence-electron chi connectivity index (χ4n) is 4.05. The highest BCUT2D eigenvalue weighted by molar-refractivity contribution is 5.77. The van der Waals surface area contributed by atoms with Crippen molar-refractivity contribution in [2.45, 2.75) is 45.6 Å². The summed E-state index contributed by atoms with van der Waals surface area (Å²) in [5, 5.41) is 0. The molecule has 0 unspecified atom stereocenters. The smallest absolute Gasteiger partial charge is 0.222 e. The van der Waals surface area contributed by atoms with Gasteiger partial charge in [0.1, 0.15) is 0 Å². The maximum absolute atomic E-state index is 12.4. The second kappa shape index (κ2) is 7.43. The van der Waals surface area contributed by atoms with Gasteiger partial charge in [-0.05, 0) is 39.2 Å². The molecule has 0 N–H and O–H groups in total. The van der Waals surface area contributed by atoms with E-state index in [9.17, 15) is 4.79 Å². The number of rotatable bonds is 5. The Labute approximate surface area is 144 Å². The second-order valence-electron chi connectivity index (χ2n) is 7.36. The first-order chi connectivity index (χ1) is 11.6. The number of aryl methyl sites for hydroxylation is 1. The lowest BCUT2D eigenvalue weighted by Gasteiger charge is -2.48. The van der Waals surface area contributed by atoms with Crippen LogP contribution in [-0.2, 0) is 11.3 Å². The van der Waals surface area contributed by atoms with Crippen LogP contribution in [-0.4, -0.2) is 51.9 Å². The summed E-state index contributed by atoms with van der Waals surface area (Å²) in [6.07, 6.45) is 10.7. The van der Waals surface area contributed by atoms with E-state index in [1.54, 1.807) is 12.4 Å². The molecule has 1 aromatic rings. The quantitative estimate of drug-likeness (QED) is 0.780. The van der Waals surface area contributed by atoms with Crippen LogP contribution in [0.15, 0.2) is 25.0 Å². The number of likely N-dealkylation sites (tertiary alicyclic amines) is 2. The van der Waals surface area contributed by atoms with Gasteiger partial charge in [0.05, 0.1) is 24.1 Å². The first kappa shape index (κ1) is 17.1. The van der Waals surface area contributed by atoms with Gasteiger partial charge >= 0.3 is 0 Å². The van der Waals surface area contributed by atoms with Gasteiger partial charge in [-0.3, -0.25) is 14.8 Å². The van der Waals surface area contributed by atoms with Gasteiger partial charge in [-0.15, -0.1) is 6.58 Å². The maximum atomic E-state index is 12.4. The lowest BCUT2D eigenvalue weighted by molar-refractivity contribution is -0.140. The Morgan fingerprint density at radius 2 is 2.17 bits per heavy atom. The molecule has 0 radical (unpaired) electrons. The molecular weight excluding hydrogens is 300 g/mol. The van der Waals surface area contributed by atoms with Gasteiger partial charge in [0, 0.05) is 37.7 Å². The van der Waals surface area contributed by atoms with E-state index in [2.05, 4.69) is 21.4 Å². The lowest BCUT2D eigenvalue weighted by atomic mass is 9.73. The van der Waals surface area contributed by atoms with Crippen molar-refractivity contribution in [3.05, 3.63) is 36.4 Å². The molecule has 0 saturated carbocycles. The molecule has 1 aromatic heterocycles. The zero-order chi connectivity index (χ0) is 17.0. The van der Waals surface area contributed by atoms with Gasteiger partial charge in [0.2, 0.25) is 5.91 Å². The van der Waals surface area contributed by atoms with Crippen molar-refractivity contribution in [1.82, 2.24) is 19.8 Å². The number of carbonyl (C=O) groups excluding carboxylic acids is 1. The fourth-order valence-corrected chi connectivity index (χ4v) is 4.05. The lowest BCUT2D eigenvalue weighted by Crippen LogP contribution is -2.53. The predicted molar refractivity (Wildman–Crippen MR) is 94.3 cm³/mol. The fraction of sp³-hybridized carbons (Fsp3) is 0.632. The highest BCUT2D eigenvalue weighted by atomic mass is 16.2. The molecule has 2 aliphatic rings. The van der Waals surface area contributed by atoms with E-state index in [4.69, 9.17) is 0 Å². The second-order valence-corrected chi connectivity index (χ2v) is 7.36. The molecule has 130 valence electrons. The molecule has 24 heavy (non-hydrogen) atoms. The van der Waals surface area contributed by atoms with E-state index < -0.39 is 0 Å². The molecule has 0 bridgehead atoms. The van der Waals surface area contributed by atoms with Crippen molar-refractivity contribution in [3.8, 4) is 0 Å². The van der Waals surface area contributed by atoms with Crippen LogP contribution in [0.25, 0.3) is 0 Å². The van der Waals surface area contributed by atoms with Crippen molar-refractivity contribution >= 4 is 5.91 Å². The Kier molecular flexibility index (Phi) is 5.29. The number of amides is 1. The molecular formula is C19H28N4O. The van der Waals surface area contributed by atoms with Crippen molar-refractivity contribution in [2.75, 3.05) is 26.2 Å². The van der Waals surface area contributed by atoms with E-state index in [0.29, 0.717) is 13.0 Å². The van der Waals surface area contributed by atoms with Crippen LogP contribution >= 0.6 is 0 Å². The molecule has 5 heteroatoms. The average Bonchev–Trinajstić information content (AvgIpc) is 2.59. The number of hydrogen-bond acceptors (Lipinski definition) is 4. The maximum Gasteiger partial charge on any atom is 0.222 e. The van der Waals surface area contributed by atoms with Gasteiger partial charge in [-0.2, -0.15) is 0 Å². The first-order valence-corrected chi connectivity index (χ1v) is 8.99. The van der Waals surface area contributed by atoms with Crippen LogP contribution in [0.1, 0.15) is 43.5 Å². The molecule has 2 saturated heterocycles. The Bertz CT molecular complexity index is 586. The van der Waals surface area contributed by atoms with Gasteiger partial charge < -0.3 is 9.80 Å². The monoisotopic (exact) mass is 328 g/mol. The number of carbonyl (C=O) groups is 1. The summed E-state index contributed by atoms with van der Waals surface area (Å²) >= 11 is 0. The Hall–Kier alpha value is -1.75. The number of hydrogen-bond donors (Lipinski definition) is 0. The molecule has 3 heterocycles. The van der Waals surface area contributed by atoms with Gasteiger partial charge in [-0.25, -0.2) is 0 Å². The molecule has 1 spiro atoms. The third kappa shape index (κ3) is 4.01. The normalized spacial score (nSPS) is 25.2. The highest BCUT2D eigenvalue weighted by Gasteiger charge is 2.41. The van der Waals surface area contributed by atoms with Crippen LogP contribution in [0.4, 0.5) is 0 Å². The zero-order valence-corrected chi connectivity index (χ0v) is 14.7. The molecule has 1 atom stereocenters. The minimum atomic E-state index is 0.255.